The number of ether oxygens (including phenoxy) is 1. The smallest absolute Gasteiger partial charge is 0.338 e. The predicted octanol–water partition coefficient (Wildman–Crippen LogP) is 2.22. The van der Waals surface area contributed by atoms with E-state index < -0.39 is 11.8 Å². The van der Waals surface area contributed by atoms with Gasteiger partial charge in [0, 0.05) is 25.4 Å². The molecule has 1 aromatic carbocycles. The van der Waals surface area contributed by atoms with Gasteiger partial charge in [0.05, 0.1) is 12.7 Å². The highest BCUT2D eigenvalue weighted by atomic mass is 19.1. The summed E-state index contributed by atoms with van der Waals surface area (Å²) in [5.41, 5.74) is 1.33. The van der Waals surface area contributed by atoms with Crippen LogP contribution >= 0.6 is 0 Å². The number of hydrogen-bond acceptors (Lipinski definition) is 4. The Balaban J connectivity index is 1.91. The quantitative estimate of drug-likeness (QED) is 0.853. The molecule has 21 heavy (non-hydrogen) atoms. The summed E-state index contributed by atoms with van der Waals surface area (Å²) in [7, 11) is 1.55. The van der Waals surface area contributed by atoms with Crippen LogP contribution in [-0.4, -0.2) is 23.2 Å². The zero-order valence-electron chi connectivity index (χ0n) is 11.5. The fourth-order valence-electron chi connectivity index (χ4n) is 1.83. The van der Waals surface area contributed by atoms with E-state index >= 15 is 0 Å². The Bertz CT molecular complexity index is 629. The third kappa shape index (κ3) is 4.00. The minimum absolute atomic E-state index is 0.321. The average molecular weight is 290 g/mol. The van der Waals surface area contributed by atoms with E-state index in [1.165, 1.54) is 12.1 Å². The van der Waals surface area contributed by atoms with Crippen LogP contribution in [0, 0.1) is 5.82 Å². The molecule has 0 unspecified atom stereocenters. The minimum Gasteiger partial charge on any atom is -0.481 e. The van der Waals surface area contributed by atoms with Crippen LogP contribution in [0.5, 0.6) is 5.88 Å². The third-order valence-corrected chi connectivity index (χ3v) is 2.93. The molecule has 0 spiro atoms. The lowest BCUT2D eigenvalue weighted by molar-refractivity contribution is 0.0692. The van der Waals surface area contributed by atoms with Crippen molar-refractivity contribution < 1.29 is 19.0 Å². The van der Waals surface area contributed by atoms with E-state index in [1.807, 2.05) is 6.07 Å². The van der Waals surface area contributed by atoms with Crippen LogP contribution in [0.3, 0.4) is 0 Å². The predicted molar refractivity (Wildman–Crippen MR) is 74.7 cm³/mol. The van der Waals surface area contributed by atoms with Gasteiger partial charge in [-0.2, -0.15) is 0 Å². The summed E-state index contributed by atoms with van der Waals surface area (Å²) in [6.07, 6.45) is 1.69. The van der Waals surface area contributed by atoms with Gasteiger partial charge in [-0.15, -0.1) is 0 Å². The summed E-state index contributed by atoms with van der Waals surface area (Å²) in [5.74, 6) is -1.45. The van der Waals surface area contributed by atoms with Crippen LogP contribution in [-0.2, 0) is 13.1 Å². The molecule has 0 aliphatic carbocycles. The van der Waals surface area contributed by atoms with Gasteiger partial charge in [-0.1, -0.05) is 12.1 Å². The summed E-state index contributed by atoms with van der Waals surface area (Å²) >= 11 is 0. The molecule has 0 saturated heterocycles. The van der Waals surface area contributed by atoms with Crippen molar-refractivity contribution in [2.45, 2.75) is 13.1 Å². The molecule has 0 bridgehead atoms. The molecule has 5 nitrogen and oxygen atoms in total. The molecule has 110 valence electrons. The standard InChI is InChI=1S/C15H15FN2O3/c1-21-14-5-3-11(9-18-14)8-17-7-10-2-4-12(15(19)20)13(16)6-10/h2-6,9,17H,7-8H2,1H3,(H,19,20). The highest BCUT2D eigenvalue weighted by Crippen LogP contribution is 2.11. The summed E-state index contributed by atoms with van der Waals surface area (Å²) in [4.78, 5) is 14.8. The number of nitrogens with zero attached hydrogens (tertiary/aromatic N) is 1. The number of hydrogen-bond donors (Lipinski definition) is 2. The van der Waals surface area contributed by atoms with E-state index in [4.69, 9.17) is 9.84 Å². The van der Waals surface area contributed by atoms with E-state index in [1.54, 1.807) is 25.4 Å². The zero-order chi connectivity index (χ0) is 15.2. The van der Waals surface area contributed by atoms with Gasteiger partial charge in [0.25, 0.3) is 0 Å². The highest BCUT2D eigenvalue weighted by Gasteiger charge is 2.10. The van der Waals surface area contributed by atoms with Crippen molar-refractivity contribution in [1.29, 1.82) is 0 Å². The van der Waals surface area contributed by atoms with Crippen LogP contribution in [0.25, 0.3) is 0 Å². The van der Waals surface area contributed by atoms with E-state index in [2.05, 4.69) is 10.3 Å². The Hall–Kier alpha value is -2.47. The highest BCUT2D eigenvalue weighted by molar-refractivity contribution is 5.87. The maximum atomic E-state index is 13.5. The number of carboxylic acid groups (broad SMARTS) is 1. The van der Waals surface area contributed by atoms with Crippen LogP contribution in [0.15, 0.2) is 36.5 Å². The molecule has 1 heterocycles. The molecule has 0 amide bonds. The largest absolute Gasteiger partial charge is 0.481 e. The molecule has 6 heteroatoms. The van der Waals surface area contributed by atoms with Crippen molar-refractivity contribution in [3.8, 4) is 5.88 Å². The van der Waals surface area contributed by atoms with Crippen molar-refractivity contribution in [2.75, 3.05) is 7.11 Å². The second-order valence-corrected chi connectivity index (χ2v) is 4.43. The van der Waals surface area contributed by atoms with Gasteiger partial charge in [-0.25, -0.2) is 14.2 Å². The van der Waals surface area contributed by atoms with Gasteiger partial charge in [-0.05, 0) is 23.3 Å². The van der Waals surface area contributed by atoms with Crippen LogP contribution in [0.2, 0.25) is 0 Å². The van der Waals surface area contributed by atoms with Crippen molar-refractivity contribution in [3.63, 3.8) is 0 Å². The SMILES string of the molecule is COc1ccc(CNCc2ccc(C(=O)O)c(F)c2)cn1. The number of pyridine rings is 1. The first kappa shape index (κ1) is 14.9. The van der Waals surface area contributed by atoms with E-state index in [9.17, 15) is 9.18 Å². The van der Waals surface area contributed by atoms with E-state index in [0.29, 0.717) is 24.5 Å². The number of nitrogens with one attached hydrogen (secondary N) is 1. The molecule has 2 aromatic rings. The maximum Gasteiger partial charge on any atom is 0.338 e. The Labute approximate surface area is 121 Å². The third-order valence-electron chi connectivity index (χ3n) is 2.93. The number of carbonyl (C=O) groups is 1. The maximum absolute atomic E-state index is 13.5. The Kier molecular flexibility index (Phi) is 4.84. The van der Waals surface area contributed by atoms with Crippen LogP contribution in [0.4, 0.5) is 4.39 Å². The lowest BCUT2D eigenvalue weighted by atomic mass is 10.1. The summed E-state index contributed by atoms with van der Waals surface area (Å²) < 4.78 is 18.5. The topological polar surface area (TPSA) is 71.5 Å². The van der Waals surface area contributed by atoms with Gasteiger partial charge < -0.3 is 15.2 Å². The summed E-state index contributed by atoms with van der Waals surface area (Å²) in [6, 6.07) is 7.73. The molecule has 2 rings (SSSR count). The number of rotatable bonds is 6. The lowest BCUT2D eigenvalue weighted by Crippen LogP contribution is -2.13. The molecule has 0 atom stereocenters. The second-order valence-electron chi connectivity index (χ2n) is 4.43. The summed E-state index contributed by atoms with van der Waals surface area (Å²) in [5, 5.41) is 11.9. The minimum atomic E-state index is -1.27. The van der Waals surface area contributed by atoms with Crippen molar-refractivity contribution in [3.05, 3.63) is 59.0 Å². The Morgan fingerprint density at radius 2 is 2.00 bits per heavy atom. The number of aromatic nitrogens is 1. The molecular weight excluding hydrogens is 275 g/mol. The first-order chi connectivity index (χ1) is 10.1. The monoisotopic (exact) mass is 290 g/mol. The van der Waals surface area contributed by atoms with Gasteiger partial charge in [-0.3, -0.25) is 0 Å². The molecule has 0 radical (unpaired) electrons. The molecule has 2 N–H and O–H groups in total. The fraction of sp³-hybridized carbons (Fsp3) is 0.200. The molecule has 0 aliphatic heterocycles. The molecule has 0 fully saturated rings. The van der Waals surface area contributed by atoms with Gasteiger partial charge in [0.15, 0.2) is 0 Å². The number of methoxy groups -OCH3 is 1. The van der Waals surface area contributed by atoms with Gasteiger partial charge in [0.1, 0.15) is 5.82 Å². The normalized spacial score (nSPS) is 10.4. The van der Waals surface area contributed by atoms with Crippen LogP contribution in [0.1, 0.15) is 21.5 Å². The van der Waals surface area contributed by atoms with Gasteiger partial charge in [0.2, 0.25) is 5.88 Å². The average Bonchev–Trinajstić information content (AvgIpc) is 2.47. The fourth-order valence-corrected chi connectivity index (χ4v) is 1.83. The van der Waals surface area contributed by atoms with Crippen molar-refractivity contribution in [1.82, 2.24) is 10.3 Å². The van der Waals surface area contributed by atoms with E-state index in [0.717, 1.165) is 5.56 Å². The second kappa shape index (κ2) is 6.81. The van der Waals surface area contributed by atoms with Crippen LogP contribution < -0.4 is 10.1 Å². The van der Waals surface area contributed by atoms with E-state index in [-0.39, 0.29) is 5.56 Å². The number of aromatic carboxylic acids is 1. The molecule has 0 aliphatic rings. The van der Waals surface area contributed by atoms with Gasteiger partial charge >= 0.3 is 5.97 Å². The molecule has 1 aromatic heterocycles. The zero-order valence-corrected chi connectivity index (χ0v) is 11.5. The first-order valence-corrected chi connectivity index (χ1v) is 6.31. The number of benzene rings is 1. The Morgan fingerprint density at radius 3 is 2.57 bits per heavy atom. The molecule has 0 saturated carbocycles. The lowest BCUT2D eigenvalue weighted by Gasteiger charge is -2.07. The summed E-state index contributed by atoms with van der Waals surface area (Å²) in [6.45, 7) is 1.00. The molecular formula is C15H15FN2O3. The van der Waals surface area contributed by atoms with Crippen molar-refractivity contribution in [2.24, 2.45) is 0 Å². The van der Waals surface area contributed by atoms with Crippen molar-refractivity contribution >= 4 is 5.97 Å². The first-order valence-electron chi connectivity index (χ1n) is 6.31. The Morgan fingerprint density at radius 1 is 1.29 bits per heavy atom. The number of carboxylic acids is 1. The number of halogens is 1.